The Morgan fingerprint density at radius 1 is 1.21 bits per heavy atom. The maximum atomic E-state index is 12.9. The highest BCUT2D eigenvalue weighted by atomic mass is 32.2. The summed E-state index contributed by atoms with van der Waals surface area (Å²) in [7, 11) is -3.55. The minimum atomic E-state index is -3.55. The second-order valence-corrected chi connectivity index (χ2v) is 9.49. The highest BCUT2D eigenvalue weighted by Gasteiger charge is 2.24. The maximum absolute atomic E-state index is 12.9. The van der Waals surface area contributed by atoms with Crippen LogP contribution in [0.3, 0.4) is 0 Å². The zero-order chi connectivity index (χ0) is 20.7. The molecule has 0 bridgehead atoms. The molecule has 1 aromatic rings. The van der Waals surface area contributed by atoms with Crippen molar-refractivity contribution in [3.05, 3.63) is 18.2 Å². The molecule has 1 aromatic carbocycles. The van der Waals surface area contributed by atoms with Crippen LogP contribution in [0.2, 0.25) is 0 Å². The topological polar surface area (TPSA) is 70.7 Å². The fraction of sp³-hybridized carbons (Fsp3) is 0.650. The van der Waals surface area contributed by atoms with Crippen molar-refractivity contribution < 1.29 is 13.2 Å². The molecule has 0 heterocycles. The van der Waals surface area contributed by atoms with Crippen molar-refractivity contribution in [1.82, 2.24) is 9.62 Å². The first-order chi connectivity index (χ1) is 13.3. The summed E-state index contributed by atoms with van der Waals surface area (Å²) in [5, 5.41) is 7.05. The Hall–Kier alpha value is -1.38. The fourth-order valence-electron chi connectivity index (χ4n) is 3.62. The standard InChI is InChI=1S/C20H33N3O3S2/c1-5-23(6-2)28(24,25)16-12-13-19(26-7-3)18(14-16)22-20(27)21-17-11-9-8-10-15(17)4/h12-15,17H,5-11H2,1-4H3,(H2,21,22,27)/t15-,17+/m1/s1. The third-order valence-corrected chi connectivity index (χ3v) is 7.54. The van der Waals surface area contributed by atoms with Gasteiger partial charge in [0.2, 0.25) is 10.0 Å². The van der Waals surface area contributed by atoms with Crippen LogP contribution in [0.4, 0.5) is 5.69 Å². The predicted molar refractivity (Wildman–Crippen MR) is 118 cm³/mol. The van der Waals surface area contributed by atoms with E-state index in [9.17, 15) is 8.42 Å². The van der Waals surface area contributed by atoms with Crippen LogP contribution in [0.1, 0.15) is 53.4 Å². The Balaban J connectivity index is 2.24. The summed E-state index contributed by atoms with van der Waals surface area (Å²) in [6.45, 7) is 9.13. The first-order valence-electron chi connectivity index (χ1n) is 10.2. The van der Waals surface area contributed by atoms with Gasteiger partial charge in [0.15, 0.2) is 5.11 Å². The lowest BCUT2D eigenvalue weighted by Crippen LogP contribution is -2.43. The van der Waals surface area contributed by atoms with E-state index in [2.05, 4.69) is 17.6 Å². The van der Waals surface area contributed by atoms with Crippen LogP contribution in [-0.2, 0) is 10.0 Å². The fourth-order valence-corrected chi connectivity index (χ4v) is 5.36. The van der Waals surface area contributed by atoms with E-state index in [0.717, 1.165) is 6.42 Å². The largest absolute Gasteiger partial charge is 0.492 e. The molecular weight excluding hydrogens is 394 g/mol. The zero-order valence-corrected chi connectivity index (χ0v) is 19.0. The summed E-state index contributed by atoms with van der Waals surface area (Å²) < 4.78 is 32.8. The van der Waals surface area contributed by atoms with Crippen LogP contribution in [0, 0.1) is 5.92 Å². The van der Waals surface area contributed by atoms with Crippen molar-refractivity contribution >= 4 is 33.0 Å². The summed E-state index contributed by atoms with van der Waals surface area (Å²) in [5.74, 6) is 1.15. The quantitative estimate of drug-likeness (QED) is 0.612. The summed E-state index contributed by atoms with van der Waals surface area (Å²) in [6.07, 6.45) is 4.76. The number of anilines is 1. The number of nitrogens with one attached hydrogen (secondary N) is 2. The molecule has 0 radical (unpaired) electrons. The molecule has 0 spiro atoms. The number of hydrogen-bond acceptors (Lipinski definition) is 4. The molecule has 6 nitrogen and oxygen atoms in total. The first kappa shape index (κ1) is 22.9. The van der Waals surface area contributed by atoms with E-state index in [1.807, 2.05) is 20.8 Å². The normalized spacial score (nSPS) is 20.0. The third-order valence-electron chi connectivity index (χ3n) is 5.27. The van der Waals surface area contributed by atoms with Gasteiger partial charge in [0.05, 0.1) is 17.2 Å². The minimum absolute atomic E-state index is 0.232. The van der Waals surface area contributed by atoms with E-state index < -0.39 is 10.0 Å². The molecule has 28 heavy (non-hydrogen) atoms. The van der Waals surface area contributed by atoms with E-state index >= 15 is 0 Å². The van der Waals surface area contributed by atoms with Gasteiger partial charge in [-0.2, -0.15) is 4.31 Å². The van der Waals surface area contributed by atoms with Gasteiger partial charge in [-0.15, -0.1) is 0 Å². The summed E-state index contributed by atoms with van der Waals surface area (Å²) in [4.78, 5) is 0.232. The number of ether oxygens (including phenoxy) is 1. The maximum Gasteiger partial charge on any atom is 0.243 e. The van der Waals surface area contributed by atoms with Gasteiger partial charge in [0.25, 0.3) is 0 Å². The van der Waals surface area contributed by atoms with E-state index in [4.69, 9.17) is 17.0 Å². The average molecular weight is 428 g/mol. The Labute approximate surface area is 175 Å². The van der Waals surface area contributed by atoms with E-state index in [1.165, 1.54) is 23.6 Å². The molecule has 1 aliphatic carbocycles. The molecular formula is C20H33N3O3S2. The SMILES string of the molecule is CCOc1ccc(S(=O)(=O)N(CC)CC)cc1NC(=S)N[C@H]1CCCC[C@H]1C. The molecule has 0 saturated heterocycles. The minimum Gasteiger partial charge on any atom is -0.492 e. The molecule has 0 unspecified atom stereocenters. The molecule has 0 aromatic heterocycles. The second kappa shape index (κ2) is 10.4. The Kier molecular flexibility index (Phi) is 8.52. The number of thiocarbonyl (C=S) groups is 1. The van der Waals surface area contributed by atoms with Crippen LogP contribution in [0.25, 0.3) is 0 Å². The number of hydrogen-bond donors (Lipinski definition) is 2. The van der Waals surface area contributed by atoms with Gasteiger partial charge in [0, 0.05) is 19.1 Å². The van der Waals surface area contributed by atoms with Crippen molar-refractivity contribution in [2.45, 2.75) is 64.3 Å². The van der Waals surface area contributed by atoms with Gasteiger partial charge in [0.1, 0.15) is 5.75 Å². The van der Waals surface area contributed by atoms with Gasteiger partial charge in [-0.1, -0.05) is 33.6 Å². The Morgan fingerprint density at radius 2 is 1.89 bits per heavy atom. The molecule has 0 amide bonds. The van der Waals surface area contributed by atoms with Gasteiger partial charge in [-0.3, -0.25) is 0 Å². The van der Waals surface area contributed by atoms with Crippen molar-refractivity contribution in [2.24, 2.45) is 5.92 Å². The lowest BCUT2D eigenvalue weighted by Gasteiger charge is -2.30. The molecule has 2 N–H and O–H groups in total. The molecule has 8 heteroatoms. The number of rotatable bonds is 8. The van der Waals surface area contributed by atoms with Crippen LogP contribution >= 0.6 is 12.2 Å². The van der Waals surface area contributed by atoms with Gasteiger partial charge < -0.3 is 15.4 Å². The average Bonchev–Trinajstić information content (AvgIpc) is 2.66. The first-order valence-corrected chi connectivity index (χ1v) is 12.0. The van der Waals surface area contributed by atoms with Crippen LogP contribution < -0.4 is 15.4 Å². The van der Waals surface area contributed by atoms with Crippen molar-refractivity contribution in [3.8, 4) is 5.75 Å². The van der Waals surface area contributed by atoms with Crippen LogP contribution in [0.15, 0.2) is 23.1 Å². The molecule has 1 fully saturated rings. The predicted octanol–water partition coefficient (Wildman–Crippen LogP) is 3.98. The van der Waals surface area contributed by atoms with E-state index in [-0.39, 0.29) is 4.90 Å². The van der Waals surface area contributed by atoms with Gasteiger partial charge in [-0.25, -0.2) is 8.42 Å². The Bertz CT molecular complexity index is 764. The number of benzene rings is 1. The molecule has 1 aliphatic rings. The molecule has 1 saturated carbocycles. The van der Waals surface area contributed by atoms with Gasteiger partial charge in [-0.05, 0) is 56.1 Å². The summed E-state index contributed by atoms with van der Waals surface area (Å²) in [5.41, 5.74) is 0.566. The zero-order valence-electron chi connectivity index (χ0n) is 17.3. The highest BCUT2D eigenvalue weighted by molar-refractivity contribution is 7.89. The third kappa shape index (κ3) is 5.58. The van der Waals surface area contributed by atoms with E-state index in [1.54, 1.807) is 18.2 Å². The number of sulfonamides is 1. The van der Waals surface area contributed by atoms with Crippen molar-refractivity contribution in [3.63, 3.8) is 0 Å². The lowest BCUT2D eigenvalue weighted by atomic mass is 9.86. The Morgan fingerprint density at radius 3 is 2.50 bits per heavy atom. The van der Waals surface area contributed by atoms with Crippen molar-refractivity contribution in [2.75, 3.05) is 25.0 Å². The van der Waals surface area contributed by atoms with E-state index in [0.29, 0.717) is 48.2 Å². The van der Waals surface area contributed by atoms with Gasteiger partial charge >= 0.3 is 0 Å². The molecule has 158 valence electrons. The lowest BCUT2D eigenvalue weighted by molar-refractivity contribution is 0.309. The summed E-state index contributed by atoms with van der Waals surface area (Å²) in [6, 6.07) is 5.22. The molecule has 2 atom stereocenters. The van der Waals surface area contributed by atoms with Crippen LogP contribution in [-0.4, -0.2) is 43.6 Å². The molecule has 2 rings (SSSR count). The smallest absolute Gasteiger partial charge is 0.243 e. The van der Waals surface area contributed by atoms with Crippen LogP contribution in [0.5, 0.6) is 5.75 Å². The molecule has 0 aliphatic heterocycles. The highest BCUT2D eigenvalue weighted by Crippen LogP contribution is 2.30. The second-order valence-electron chi connectivity index (χ2n) is 7.15. The monoisotopic (exact) mass is 427 g/mol. The van der Waals surface area contributed by atoms with Crippen molar-refractivity contribution in [1.29, 1.82) is 0 Å². The summed E-state index contributed by atoms with van der Waals surface area (Å²) >= 11 is 5.51. The number of nitrogens with zero attached hydrogens (tertiary/aromatic N) is 1.